The summed E-state index contributed by atoms with van der Waals surface area (Å²) in [7, 11) is 0. The summed E-state index contributed by atoms with van der Waals surface area (Å²) in [6.07, 6.45) is 0.694. The van der Waals surface area contributed by atoms with E-state index < -0.39 is 0 Å². The summed E-state index contributed by atoms with van der Waals surface area (Å²) in [6, 6.07) is 10.6. The van der Waals surface area contributed by atoms with Crippen LogP contribution in [0.5, 0.6) is 0 Å². The van der Waals surface area contributed by atoms with Crippen LogP contribution < -0.4 is 5.32 Å². The van der Waals surface area contributed by atoms with Crippen LogP contribution >= 0.6 is 11.8 Å². The normalized spacial score (nSPS) is 20.6. The Bertz CT molecular complexity index is 291. The van der Waals surface area contributed by atoms with Gasteiger partial charge in [-0.2, -0.15) is 0 Å². The van der Waals surface area contributed by atoms with Crippen molar-refractivity contribution in [2.45, 2.75) is 17.4 Å². The van der Waals surface area contributed by atoms with E-state index in [0.717, 1.165) is 5.75 Å². The minimum absolute atomic E-state index is 0.179. The highest BCUT2D eigenvalue weighted by Crippen LogP contribution is 2.20. The Morgan fingerprint density at radius 1 is 1.38 bits per heavy atom. The van der Waals surface area contributed by atoms with Gasteiger partial charge in [0.1, 0.15) is 0 Å². The Labute approximate surface area is 81.7 Å². The lowest BCUT2D eigenvalue weighted by Gasteiger charge is -2.26. The molecule has 1 saturated heterocycles. The minimum Gasteiger partial charge on any atom is -0.352 e. The van der Waals surface area contributed by atoms with Crippen molar-refractivity contribution in [3.05, 3.63) is 30.3 Å². The van der Waals surface area contributed by atoms with E-state index in [1.165, 1.54) is 4.90 Å². The highest BCUT2D eigenvalue weighted by atomic mass is 32.2. The van der Waals surface area contributed by atoms with E-state index >= 15 is 0 Å². The summed E-state index contributed by atoms with van der Waals surface area (Å²) in [5.41, 5.74) is 0. The van der Waals surface area contributed by atoms with E-state index in [1.54, 1.807) is 11.8 Å². The average Bonchev–Trinajstić information content (AvgIpc) is 2.12. The number of amides is 1. The number of nitrogens with one attached hydrogen (secondary N) is 1. The van der Waals surface area contributed by atoms with Crippen molar-refractivity contribution in [2.24, 2.45) is 0 Å². The first kappa shape index (κ1) is 8.63. The van der Waals surface area contributed by atoms with Gasteiger partial charge in [0.25, 0.3) is 0 Å². The molecule has 1 aliphatic heterocycles. The molecule has 1 aromatic rings. The highest BCUT2D eigenvalue weighted by molar-refractivity contribution is 7.99. The van der Waals surface area contributed by atoms with Crippen LogP contribution in [-0.4, -0.2) is 17.7 Å². The molecule has 1 aliphatic rings. The summed E-state index contributed by atoms with van der Waals surface area (Å²) >= 11 is 1.79. The molecule has 1 fully saturated rings. The third-order valence-corrected chi connectivity index (χ3v) is 3.17. The topological polar surface area (TPSA) is 29.1 Å². The van der Waals surface area contributed by atoms with E-state index in [4.69, 9.17) is 0 Å². The first-order chi connectivity index (χ1) is 6.34. The quantitative estimate of drug-likeness (QED) is 0.584. The number of rotatable bonds is 3. The molecule has 0 unspecified atom stereocenters. The third kappa shape index (κ3) is 2.25. The predicted molar refractivity (Wildman–Crippen MR) is 53.7 cm³/mol. The van der Waals surface area contributed by atoms with Crippen LogP contribution in [0.1, 0.15) is 6.42 Å². The SMILES string of the molecule is O=C1C[C@H](CSc2ccccc2)N1. The minimum atomic E-state index is 0.179. The zero-order valence-electron chi connectivity index (χ0n) is 7.19. The molecule has 3 heteroatoms. The molecule has 2 rings (SSSR count). The lowest BCUT2D eigenvalue weighted by Crippen LogP contribution is -2.49. The predicted octanol–water partition coefficient (Wildman–Crippen LogP) is 1.67. The molecule has 2 nitrogen and oxygen atoms in total. The van der Waals surface area contributed by atoms with Gasteiger partial charge in [-0.15, -0.1) is 11.8 Å². The van der Waals surface area contributed by atoms with Crippen molar-refractivity contribution in [2.75, 3.05) is 5.75 Å². The van der Waals surface area contributed by atoms with Crippen LogP contribution in [0.3, 0.4) is 0 Å². The molecular formula is C10H11NOS. The van der Waals surface area contributed by atoms with Crippen LogP contribution in [-0.2, 0) is 4.79 Å². The molecule has 1 N–H and O–H groups in total. The smallest absolute Gasteiger partial charge is 0.222 e. The Hall–Kier alpha value is -0.960. The van der Waals surface area contributed by atoms with Crippen LogP contribution in [0.25, 0.3) is 0 Å². The van der Waals surface area contributed by atoms with Crippen molar-refractivity contribution in [1.29, 1.82) is 0 Å². The molecule has 1 atom stereocenters. The molecule has 0 saturated carbocycles. The number of carbonyl (C=O) groups is 1. The number of hydrogen-bond acceptors (Lipinski definition) is 2. The van der Waals surface area contributed by atoms with E-state index in [9.17, 15) is 4.79 Å². The van der Waals surface area contributed by atoms with Gasteiger partial charge in [-0.3, -0.25) is 4.79 Å². The Morgan fingerprint density at radius 3 is 2.69 bits per heavy atom. The fourth-order valence-electron chi connectivity index (χ4n) is 1.24. The second-order valence-electron chi connectivity index (χ2n) is 3.09. The first-order valence-electron chi connectivity index (χ1n) is 4.32. The van der Waals surface area contributed by atoms with Gasteiger partial charge < -0.3 is 5.32 Å². The maximum absolute atomic E-state index is 10.6. The van der Waals surface area contributed by atoms with Gasteiger partial charge >= 0.3 is 0 Å². The zero-order chi connectivity index (χ0) is 9.10. The molecule has 1 amide bonds. The van der Waals surface area contributed by atoms with Crippen LogP contribution in [0.15, 0.2) is 35.2 Å². The van der Waals surface area contributed by atoms with Crippen LogP contribution in [0.2, 0.25) is 0 Å². The second kappa shape index (κ2) is 3.83. The lowest BCUT2D eigenvalue weighted by molar-refractivity contribution is -0.127. The molecule has 0 aromatic heterocycles. The fourth-order valence-corrected chi connectivity index (χ4v) is 2.19. The van der Waals surface area contributed by atoms with Crippen molar-refractivity contribution in [3.8, 4) is 0 Å². The maximum atomic E-state index is 10.6. The Balaban J connectivity index is 1.77. The number of β-lactam (4-membered cyclic amide) rings is 1. The average molecular weight is 193 g/mol. The van der Waals surface area contributed by atoms with Crippen molar-refractivity contribution in [1.82, 2.24) is 5.32 Å². The summed E-state index contributed by atoms with van der Waals surface area (Å²) in [4.78, 5) is 11.9. The summed E-state index contributed by atoms with van der Waals surface area (Å²) in [6.45, 7) is 0. The first-order valence-corrected chi connectivity index (χ1v) is 5.30. The monoisotopic (exact) mass is 193 g/mol. The largest absolute Gasteiger partial charge is 0.352 e. The number of benzene rings is 1. The van der Waals surface area contributed by atoms with Gasteiger partial charge in [-0.1, -0.05) is 18.2 Å². The standard InChI is InChI=1S/C10H11NOS/c12-10-6-8(11-10)7-13-9-4-2-1-3-5-9/h1-5,8H,6-7H2,(H,11,12)/t8-/m1/s1. The molecule has 0 spiro atoms. The molecule has 1 aromatic carbocycles. The molecule has 0 aliphatic carbocycles. The van der Waals surface area contributed by atoms with Crippen molar-refractivity contribution >= 4 is 17.7 Å². The van der Waals surface area contributed by atoms with E-state index in [-0.39, 0.29) is 5.91 Å². The van der Waals surface area contributed by atoms with Crippen molar-refractivity contribution in [3.63, 3.8) is 0 Å². The van der Waals surface area contributed by atoms with Crippen LogP contribution in [0.4, 0.5) is 0 Å². The zero-order valence-corrected chi connectivity index (χ0v) is 8.01. The van der Waals surface area contributed by atoms with Crippen LogP contribution in [0, 0.1) is 0 Å². The Kier molecular flexibility index (Phi) is 2.54. The van der Waals surface area contributed by atoms with Gasteiger partial charge in [-0.25, -0.2) is 0 Å². The third-order valence-electron chi connectivity index (χ3n) is 1.99. The molecule has 13 heavy (non-hydrogen) atoms. The van der Waals surface area contributed by atoms with Gasteiger partial charge in [0.15, 0.2) is 0 Å². The van der Waals surface area contributed by atoms with Gasteiger partial charge in [0.2, 0.25) is 5.91 Å². The van der Waals surface area contributed by atoms with Gasteiger partial charge in [0.05, 0.1) is 0 Å². The van der Waals surface area contributed by atoms with E-state index in [0.29, 0.717) is 12.5 Å². The number of carbonyl (C=O) groups excluding carboxylic acids is 1. The molecule has 0 bridgehead atoms. The Morgan fingerprint density at radius 2 is 2.08 bits per heavy atom. The summed E-state index contributed by atoms with van der Waals surface area (Å²) in [5, 5.41) is 2.85. The second-order valence-corrected chi connectivity index (χ2v) is 4.19. The molecule has 1 heterocycles. The van der Waals surface area contributed by atoms with Gasteiger partial charge in [0, 0.05) is 23.1 Å². The summed E-state index contributed by atoms with van der Waals surface area (Å²) < 4.78 is 0. The molecule has 0 radical (unpaired) electrons. The highest BCUT2D eigenvalue weighted by Gasteiger charge is 2.24. The number of hydrogen-bond donors (Lipinski definition) is 1. The number of thioether (sulfide) groups is 1. The van der Waals surface area contributed by atoms with E-state index in [1.807, 2.05) is 18.2 Å². The maximum Gasteiger partial charge on any atom is 0.222 e. The summed E-state index contributed by atoms with van der Waals surface area (Å²) in [5.74, 6) is 1.16. The fraction of sp³-hybridized carbons (Fsp3) is 0.300. The van der Waals surface area contributed by atoms with Gasteiger partial charge in [-0.05, 0) is 12.1 Å². The molecule has 68 valence electrons. The lowest BCUT2D eigenvalue weighted by atomic mass is 10.1. The molecular weight excluding hydrogens is 182 g/mol. The van der Waals surface area contributed by atoms with Crippen molar-refractivity contribution < 1.29 is 4.79 Å². The van der Waals surface area contributed by atoms with E-state index in [2.05, 4.69) is 17.4 Å².